The van der Waals surface area contributed by atoms with Crippen LogP contribution in [-0.4, -0.2) is 37.2 Å². The van der Waals surface area contributed by atoms with Crippen molar-refractivity contribution in [3.63, 3.8) is 0 Å². The summed E-state index contributed by atoms with van der Waals surface area (Å²) in [6.07, 6.45) is 67.2. The molecular formula is C58H98O6. The quantitative estimate of drug-likeness (QED) is 0.0262. The molecule has 0 aliphatic heterocycles. The van der Waals surface area contributed by atoms with Crippen LogP contribution in [0.3, 0.4) is 0 Å². The van der Waals surface area contributed by atoms with Gasteiger partial charge < -0.3 is 14.2 Å². The van der Waals surface area contributed by atoms with Gasteiger partial charge in [0, 0.05) is 19.3 Å². The molecule has 0 fully saturated rings. The fourth-order valence-corrected chi connectivity index (χ4v) is 7.15. The molecule has 0 saturated carbocycles. The van der Waals surface area contributed by atoms with Crippen molar-refractivity contribution in [3.05, 3.63) is 85.1 Å². The topological polar surface area (TPSA) is 78.9 Å². The van der Waals surface area contributed by atoms with E-state index in [2.05, 4.69) is 106 Å². The second-order valence-electron chi connectivity index (χ2n) is 17.4. The number of hydrogen-bond donors (Lipinski definition) is 0. The zero-order valence-electron chi connectivity index (χ0n) is 41.8. The first-order valence-corrected chi connectivity index (χ1v) is 26.6. The zero-order chi connectivity index (χ0) is 46.5. The first-order chi connectivity index (χ1) is 31.5. The lowest BCUT2D eigenvalue weighted by molar-refractivity contribution is -0.167. The molecule has 0 amide bonds. The molecule has 0 aliphatic rings. The SMILES string of the molecule is CC/C=C\C/C=C\C/C=C\C/C=C\CCCCCCCCC(=O)OCC(COC(=O)CCCCCCCCCCCC)OC(=O)CCC/C=C\C/C=C\C/C=C\CCCCCCCC. The highest BCUT2D eigenvalue weighted by Gasteiger charge is 2.19. The smallest absolute Gasteiger partial charge is 0.306 e. The van der Waals surface area contributed by atoms with Crippen molar-refractivity contribution in [1.29, 1.82) is 0 Å². The minimum absolute atomic E-state index is 0.100. The van der Waals surface area contributed by atoms with Gasteiger partial charge in [-0.2, -0.15) is 0 Å². The van der Waals surface area contributed by atoms with E-state index in [0.29, 0.717) is 19.3 Å². The Kier molecular flexibility index (Phi) is 49.4. The van der Waals surface area contributed by atoms with E-state index in [0.717, 1.165) is 96.3 Å². The monoisotopic (exact) mass is 891 g/mol. The van der Waals surface area contributed by atoms with Gasteiger partial charge in [-0.25, -0.2) is 0 Å². The molecule has 0 N–H and O–H groups in total. The molecular weight excluding hydrogens is 793 g/mol. The van der Waals surface area contributed by atoms with Crippen LogP contribution in [0.25, 0.3) is 0 Å². The fraction of sp³-hybridized carbons (Fsp3) is 0.707. The molecule has 1 atom stereocenters. The van der Waals surface area contributed by atoms with Gasteiger partial charge in [-0.15, -0.1) is 0 Å². The van der Waals surface area contributed by atoms with Gasteiger partial charge in [-0.05, 0) is 89.9 Å². The molecule has 0 aliphatic carbocycles. The summed E-state index contributed by atoms with van der Waals surface area (Å²) in [5.74, 6) is -0.968. The average Bonchev–Trinajstić information content (AvgIpc) is 3.29. The van der Waals surface area contributed by atoms with Crippen LogP contribution < -0.4 is 0 Å². The maximum absolute atomic E-state index is 12.8. The largest absolute Gasteiger partial charge is 0.462 e. The summed E-state index contributed by atoms with van der Waals surface area (Å²) in [6, 6.07) is 0. The number of ether oxygens (including phenoxy) is 3. The number of unbranched alkanes of at least 4 members (excludes halogenated alkanes) is 22. The lowest BCUT2D eigenvalue weighted by Crippen LogP contribution is -2.30. The Morgan fingerprint density at radius 3 is 1.00 bits per heavy atom. The molecule has 6 heteroatoms. The van der Waals surface area contributed by atoms with Crippen LogP contribution in [0, 0.1) is 0 Å². The van der Waals surface area contributed by atoms with Gasteiger partial charge >= 0.3 is 17.9 Å². The normalized spacial score (nSPS) is 12.7. The van der Waals surface area contributed by atoms with Gasteiger partial charge in [0.15, 0.2) is 6.10 Å². The molecule has 0 heterocycles. The molecule has 0 saturated heterocycles. The summed E-state index contributed by atoms with van der Waals surface area (Å²) in [6.45, 7) is 6.45. The second kappa shape index (κ2) is 52.2. The number of carbonyl (C=O) groups is 3. The number of rotatable bonds is 47. The van der Waals surface area contributed by atoms with Crippen molar-refractivity contribution in [2.75, 3.05) is 13.2 Å². The molecule has 0 rings (SSSR count). The Morgan fingerprint density at radius 2 is 0.625 bits per heavy atom. The third kappa shape index (κ3) is 49.6. The minimum atomic E-state index is -0.807. The van der Waals surface area contributed by atoms with Gasteiger partial charge in [0.1, 0.15) is 13.2 Å². The Balaban J connectivity index is 4.44. The van der Waals surface area contributed by atoms with Crippen molar-refractivity contribution >= 4 is 17.9 Å². The predicted molar refractivity (Wildman–Crippen MR) is 274 cm³/mol. The van der Waals surface area contributed by atoms with Crippen LogP contribution in [0.1, 0.15) is 245 Å². The van der Waals surface area contributed by atoms with Crippen molar-refractivity contribution in [2.24, 2.45) is 0 Å². The molecule has 0 radical (unpaired) electrons. The summed E-state index contributed by atoms with van der Waals surface area (Å²) in [4.78, 5) is 37.9. The van der Waals surface area contributed by atoms with E-state index < -0.39 is 6.10 Å². The van der Waals surface area contributed by atoms with Crippen LogP contribution >= 0.6 is 0 Å². The first kappa shape index (κ1) is 60.6. The number of esters is 3. The van der Waals surface area contributed by atoms with Crippen LogP contribution in [0.5, 0.6) is 0 Å². The van der Waals surface area contributed by atoms with Gasteiger partial charge in [-0.1, -0.05) is 221 Å². The highest BCUT2D eigenvalue weighted by molar-refractivity contribution is 5.71. The standard InChI is InChI=1S/C58H98O6/c1-4-7-10-13-16-19-22-24-26-28-29-31-32-34-36-39-42-45-48-51-57(60)63-54-55(53-62-56(59)50-47-44-41-38-21-18-15-12-9-6-3)64-58(61)52-49-46-43-40-37-35-33-30-27-25-23-20-17-14-11-8-5-2/h7,10,16,19,24-27,29,31,33,35,40,43,55H,4-6,8-9,11-15,17-18,20-23,28,30,32,34,36-39,41-42,44-54H2,1-3H3/b10-7-,19-16-,26-24-,27-25-,31-29-,35-33-,43-40-. The molecule has 0 aromatic heterocycles. The molecule has 1 unspecified atom stereocenters. The average molecular weight is 891 g/mol. The molecule has 6 nitrogen and oxygen atoms in total. The zero-order valence-corrected chi connectivity index (χ0v) is 41.8. The van der Waals surface area contributed by atoms with E-state index in [1.165, 1.54) is 103 Å². The fourth-order valence-electron chi connectivity index (χ4n) is 7.15. The lowest BCUT2D eigenvalue weighted by Gasteiger charge is -2.18. The van der Waals surface area contributed by atoms with Gasteiger partial charge in [0.05, 0.1) is 0 Å². The number of allylic oxidation sites excluding steroid dienone is 14. The van der Waals surface area contributed by atoms with Crippen molar-refractivity contribution in [3.8, 4) is 0 Å². The van der Waals surface area contributed by atoms with Crippen molar-refractivity contribution in [2.45, 2.75) is 252 Å². The van der Waals surface area contributed by atoms with E-state index in [9.17, 15) is 14.4 Å². The number of hydrogen-bond acceptors (Lipinski definition) is 6. The highest BCUT2D eigenvalue weighted by atomic mass is 16.6. The molecule has 366 valence electrons. The van der Waals surface area contributed by atoms with Crippen LogP contribution in [0.2, 0.25) is 0 Å². The van der Waals surface area contributed by atoms with Gasteiger partial charge in [0.2, 0.25) is 0 Å². The maximum Gasteiger partial charge on any atom is 0.306 e. The first-order valence-electron chi connectivity index (χ1n) is 26.6. The van der Waals surface area contributed by atoms with Crippen molar-refractivity contribution < 1.29 is 28.6 Å². The second-order valence-corrected chi connectivity index (χ2v) is 17.4. The molecule has 0 spiro atoms. The van der Waals surface area contributed by atoms with Crippen LogP contribution in [-0.2, 0) is 28.6 Å². The van der Waals surface area contributed by atoms with Crippen LogP contribution in [0.4, 0.5) is 0 Å². The van der Waals surface area contributed by atoms with Gasteiger partial charge in [0.25, 0.3) is 0 Å². The summed E-state index contributed by atoms with van der Waals surface area (Å²) < 4.78 is 16.7. The summed E-state index contributed by atoms with van der Waals surface area (Å²) in [5.41, 5.74) is 0. The third-order valence-electron chi connectivity index (χ3n) is 11.1. The van der Waals surface area contributed by atoms with E-state index in [4.69, 9.17) is 14.2 Å². The summed E-state index contributed by atoms with van der Waals surface area (Å²) in [5, 5.41) is 0. The highest BCUT2D eigenvalue weighted by Crippen LogP contribution is 2.14. The van der Waals surface area contributed by atoms with E-state index in [1.54, 1.807) is 0 Å². The van der Waals surface area contributed by atoms with E-state index >= 15 is 0 Å². The van der Waals surface area contributed by atoms with Gasteiger partial charge in [-0.3, -0.25) is 14.4 Å². The predicted octanol–water partition coefficient (Wildman–Crippen LogP) is 17.6. The maximum atomic E-state index is 12.8. The number of carbonyl (C=O) groups excluding carboxylic acids is 3. The van der Waals surface area contributed by atoms with Crippen LogP contribution in [0.15, 0.2) is 85.1 Å². The van der Waals surface area contributed by atoms with E-state index in [1.807, 2.05) is 0 Å². The Morgan fingerprint density at radius 1 is 0.328 bits per heavy atom. The molecule has 0 bridgehead atoms. The summed E-state index contributed by atoms with van der Waals surface area (Å²) >= 11 is 0. The Labute approximate surface area is 395 Å². The molecule has 0 aromatic carbocycles. The summed E-state index contributed by atoms with van der Waals surface area (Å²) in [7, 11) is 0. The minimum Gasteiger partial charge on any atom is -0.462 e. The molecule has 0 aromatic rings. The molecule has 64 heavy (non-hydrogen) atoms. The lowest BCUT2D eigenvalue weighted by atomic mass is 10.1. The Hall–Kier alpha value is -3.41. The Bertz CT molecular complexity index is 1250. The van der Waals surface area contributed by atoms with Crippen molar-refractivity contribution in [1.82, 2.24) is 0 Å². The van der Waals surface area contributed by atoms with E-state index in [-0.39, 0.29) is 37.5 Å². The third-order valence-corrected chi connectivity index (χ3v) is 11.1.